The summed E-state index contributed by atoms with van der Waals surface area (Å²) in [6, 6.07) is 13.9. The highest BCUT2D eigenvalue weighted by Crippen LogP contribution is 2.19. The van der Waals surface area contributed by atoms with Crippen LogP contribution in [0.5, 0.6) is 0 Å². The van der Waals surface area contributed by atoms with Gasteiger partial charge in [-0.15, -0.1) is 11.8 Å². The molecule has 2 aromatic rings. The molecule has 0 atom stereocenters. The maximum atomic E-state index is 12.6. The van der Waals surface area contributed by atoms with Crippen LogP contribution in [0.3, 0.4) is 0 Å². The predicted molar refractivity (Wildman–Crippen MR) is 103 cm³/mol. The zero-order valence-electron chi connectivity index (χ0n) is 14.5. The second-order valence-corrected chi connectivity index (χ2v) is 6.98. The van der Waals surface area contributed by atoms with Gasteiger partial charge in [-0.3, -0.25) is 9.88 Å². The summed E-state index contributed by atoms with van der Waals surface area (Å²) >= 11 is 1.67. The van der Waals surface area contributed by atoms with Gasteiger partial charge in [0.05, 0.1) is 5.69 Å². The van der Waals surface area contributed by atoms with Gasteiger partial charge in [0.15, 0.2) is 0 Å². The Bertz CT molecular complexity index is 695. The number of benzene rings is 1. The number of hydrogen-bond acceptors (Lipinski definition) is 4. The molecule has 0 bridgehead atoms. The summed E-state index contributed by atoms with van der Waals surface area (Å²) in [4.78, 5) is 22.4. The number of carbonyl (C=O) groups excluding carboxylic acids is 1. The highest BCUT2D eigenvalue weighted by atomic mass is 32.2. The fourth-order valence-electron chi connectivity index (χ4n) is 2.96. The van der Waals surface area contributed by atoms with E-state index in [1.807, 2.05) is 59.8 Å². The Morgan fingerprint density at radius 2 is 2.08 bits per heavy atom. The van der Waals surface area contributed by atoms with Crippen LogP contribution in [0.2, 0.25) is 0 Å². The highest BCUT2D eigenvalue weighted by molar-refractivity contribution is 7.98. The van der Waals surface area contributed by atoms with Gasteiger partial charge in [-0.25, -0.2) is 4.79 Å². The van der Waals surface area contributed by atoms with Crippen LogP contribution in [0.1, 0.15) is 12.1 Å². The number of aromatic nitrogens is 1. The third kappa shape index (κ3) is 5.21. The minimum absolute atomic E-state index is 0.0158. The largest absolute Gasteiger partial charge is 0.323 e. The predicted octanol–water partition coefficient (Wildman–Crippen LogP) is 3.54. The van der Waals surface area contributed by atoms with Crippen LogP contribution in [-0.4, -0.2) is 53.2 Å². The van der Waals surface area contributed by atoms with Crippen molar-refractivity contribution in [3.63, 3.8) is 0 Å². The molecule has 1 aliphatic rings. The lowest BCUT2D eigenvalue weighted by Crippen LogP contribution is -2.38. The molecular formula is C19H24N4OS. The summed E-state index contributed by atoms with van der Waals surface area (Å²) < 4.78 is 0. The molecule has 0 unspecified atom stereocenters. The molecule has 6 heteroatoms. The number of amides is 2. The van der Waals surface area contributed by atoms with E-state index < -0.39 is 0 Å². The summed E-state index contributed by atoms with van der Waals surface area (Å²) in [5.41, 5.74) is 1.93. The number of nitrogens with zero attached hydrogens (tertiary/aromatic N) is 3. The van der Waals surface area contributed by atoms with Crippen LogP contribution in [0.4, 0.5) is 10.5 Å². The quantitative estimate of drug-likeness (QED) is 0.851. The van der Waals surface area contributed by atoms with Gasteiger partial charge in [-0.05, 0) is 43.0 Å². The van der Waals surface area contributed by atoms with Crippen molar-refractivity contribution in [1.29, 1.82) is 0 Å². The Morgan fingerprint density at radius 1 is 1.16 bits per heavy atom. The topological polar surface area (TPSA) is 48.5 Å². The van der Waals surface area contributed by atoms with Crippen molar-refractivity contribution in [3.8, 4) is 0 Å². The smallest absolute Gasteiger partial charge is 0.321 e. The average molecular weight is 356 g/mol. The Morgan fingerprint density at radius 3 is 2.88 bits per heavy atom. The number of rotatable bonds is 4. The Balaban J connectivity index is 1.54. The third-order valence-corrected chi connectivity index (χ3v) is 5.03. The molecule has 1 aromatic heterocycles. The number of pyridine rings is 1. The van der Waals surface area contributed by atoms with Crippen molar-refractivity contribution in [3.05, 3.63) is 54.4 Å². The lowest BCUT2D eigenvalue weighted by atomic mass is 10.3. The average Bonchev–Trinajstić information content (AvgIpc) is 2.88. The van der Waals surface area contributed by atoms with Crippen molar-refractivity contribution in [2.24, 2.45) is 0 Å². The van der Waals surface area contributed by atoms with Crippen molar-refractivity contribution in [2.75, 3.05) is 37.8 Å². The first-order chi connectivity index (χ1) is 12.2. The van der Waals surface area contributed by atoms with Gasteiger partial charge in [-0.1, -0.05) is 12.1 Å². The molecule has 1 aliphatic heterocycles. The Kier molecular flexibility index (Phi) is 6.30. The standard InChI is InChI=1S/C19H24N4OS/c1-25-18-8-4-7-16(14-18)21-19(24)23-11-5-10-22(12-13-23)15-17-6-2-3-9-20-17/h2-4,6-9,14H,5,10-13,15H2,1H3,(H,21,24). The van der Waals surface area contributed by atoms with Crippen LogP contribution in [0.15, 0.2) is 53.6 Å². The fourth-order valence-corrected chi connectivity index (χ4v) is 3.42. The van der Waals surface area contributed by atoms with Gasteiger partial charge < -0.3 is 10.2 Å². The summed E-state index contributed by atoms with van der Waals surface area (Å²) in [5.74, 6) is 0. The zero-order chi connectivity index (χ0) is 17.5. The molecule has 3 rings (SSSR count). The van der Waals surface area contributed by atoms with E-state index in [0.717, 1.165) is 55.4 Å². The lowest BCUT2D eigenvalue weighted by molar-refractivity contribution is 0.211. The molecule has 2 heterocycles. The SMILES string of the molecule is CSc1cccc(NC(=O)N2CCCN(Cc3ccccn3)CC2)c1. The van der Waals surface area contributed by atoms with E-state index in [1.54, 1.807) is 11.8 Å². The molecule has 1 aromatic carbocycles. The molecular weight excluding hydrogens is 332 g/mol. The number of urea groups is 1. The van der Waals surface area contributed by atoms with E-state index >= 15 is 0 Å². The van der Waals surface area contributed by atoms with Crippen molar-refractivity contribution >= 4 is 23.5 Å². The van der Waals surface area contributed by atoms with Crippen molar-refractivity contribution < 1.29 is 4.79 Å². The van der Waals surface area contributed by atoms with Crippen LogP contribution in [-0.2, 0) is 6.54 Å². The van der Waals surface area contributed by atoms with Gasteiger partial charge in [0, 0.05) is 49.5 Å². The number of anilines is 1. The first-order valence-electron chi connectivity index (χ1n) is 8.57. The zero-order valence-corrected chi connectivity index (χ0v) is 15.3. The van der Waals surface area contributed by atoms with Gasteiger partial charge in [0.1, 0.15) is 0 Å². The molecule has 25 heavy (non-hydrogen) atoms. The van der Waals surface area contributed by atoms with E-state index in [-0.39, 0.29) is 6.03 Å². The van der Waals surface area contributed by atoms with E-state index in [9.17, 15) is 4.79 Å². The van der Waals surface area contributed by atoms with Crippen LogP contribution >= 0.6 is 11.8 Å². The van der Waals surface area contributed by atoms with Gasteiger partial charge in [-0.2, -0.15) is 0 Å². The summed E-state index contributed by atoms with van der Waals surface area (Å²) in [7, 11) is 0. The van der Waals surface area contributed by atoms with E-state index in [4.69, 9.17) is 0 Å². The van der Waals surface area contributed by atoms with E-state index in [1.165, 1.54) is 0 Å². The molecule has 0 aliphatic carbocycles. The number of thioether (sulfide) groups is 1. The summed E-state index contributed by atoms with van der Waals surface area (Å²) in [5, 5.41) is 3.02. The molecule has 0 saturated carbocycles. The minimum Gasteiger partial charge on any atom is -0.323 e. The molecule has 1 saturated heterocycles. The third-order valence-electron chi connectivity index (χ3n) is 4.31. The fraction of sp³-hybridized carbons (Fsp3) is 0.368. The van der Waals surface area contributed by atoms with Gasteiger partial charge in [0.2, 0.25) is 0 Å². The summed E-state index contributed by atoms with van der Waals surface area (Å²) in [6.07, 6.45) is 4.84. The molecule has 2 amide bonds. The molecule has 1 N–H and O–H groups in total. The van der Waals surface area contributed by atoms with E-state index in [2.05, 4.69) is 15.2 Å². The van der Waals surface area contributed by atoms with Crippen LogP contribution in [0, 0.1) is 0 Å². The first kappa shape index (κ1) is 17.8. The first-order valence-corrected chi connectivity index (χ1v) is 9.79. The normalized spacial score (nSPS) is 15.6. The highest BCUT2D eigenvalue weighted by Gasteiger charge is 2.19. The van der Waals surface area contributed by atoms with Crippen LogP contribution in [0.25, 0.3) is 0 Å². The van der Waals surface area contributed by atoms with Crippen molar-refractivity contribution in [1.82, 2.24) is 14.8 Å². The molecule has 5 nitrogen and oxygen atoms in total. The maximum Gasteiger partial charge on any atom is 0.321 e. The summed E-state index contributed by atoms with van der Waals surface area (Å²) in [6.45, 7) is 4.22. The Labute approximate surface area is 153 Å². The monoisotopic (exact) mass is 356 g/mol. The maximum absolute atomic E-state index is 12.6. The molecule has 0 radical (unpaired) electrons. The van der Waals surface area contributed by atoms with Gasteiger partial charge in [0.25, 0.3) is 0 Å². The van der Waals surface area contributed by atoms with Gasteiger partial charge >= 0.3 is 6.03 Å². The number of hydrogen-bond donors (Lipinski definition) is 1. The Hall–Kier alpha value is -2.05. The lowest BCUT2D eigenvalue weighted by Gasteiger charge is -2.22. The van der Waals surface area contributed by atoms with E-state index in [0.29, 0.717) is 0 Å². The molecule has 1 fully saturated rings. The van der Waals surface area contributed by atoms with Crippen molar-refractivity contribution in [2.45, 2.75) is 17.9 Å². The second kappa shape index (κ2) is 8.87. The molecule has 0 spiro atoms. The number of carbonyl (C=O) groups is 1. The number of nitrogens with one attached hydrogen (secondary N) is 1. The molecule has 132 valence electrons. The van der Waals surface area contributed by atoms with Crippen LogP contribution < -0.4 is 5.32 Å². The second-order valence-electron chi connectivity index (χ2n) is 6.10. The minimum atomic E-state index is -0.0158.